The van der Waals surface area contributed by atoms with Crippen LogP contribution in [0.25, 0.3) is 6.08 Å². The molecule has 0 unspecified atom stereocenters. The fourth-order valence-electron chi connectivity index (χ4n) is 0.738. The second-order valence-electron chi connectivity index (χ2n) is 2.00. The maximum atomic E-state index is 4.46. The summed E-state index contributed by atoms with van der Waals surface area (Å²) < 4.78 is 0. The molecule has 1 nitrogen and oxygen atoms in total. The SMILES string of the molecule is C=Cc1ccc(N=C=S)cc1. The number of hydrogen-bond acceptors (Lipinski definition) is 2. The van der Waals surface area contributed by atoms with Crippen LogP contribution >= 0.6 is 12.2 Å². The molecule has 0 saturated heterocycles. The van der Waals surface area contributed by atoms with Crippen molar-refractivity contribution >= 4 is 29.1 Å². The number of rotatable bonds is 2. The smallest absolute Gasteiger partial charge is 0.0739 e. The van der Waals surface area contributed by atoms with Gasteiger partial charge in [0.05, 0.1) is 10.8 Å². The fourth-order valence-corrected chi connectivity index (χ4v) is 0.843. The molecule has 11 heavy (non-hydrogen) atoms. The van der Waals surface area contributed by atoms with Crippen molar-refractivity contribution in [2.75, 3.05) is 0 Å². The highest BCUT2D eigenvalue weighted by molar-refractivity contribution is 7.78. The van der Waals surface area contributed by atoms with E-state index in [2.05, 4.69) is 29.0 Å². The lowest BCUT2D eigenvalue weighted by Gasteiger charge is -1.91. The Morgan fingerprint density at radius 1 is 1.36 bits per heavy atom. The van der Waals surface area contributed by atoms with Crippen molar-refractivity contribution in [1.29, 1.82) is 0 Å². The minimum absolute atomic E-state index is 0.825. The van der Waals surface area contributed by atoms with Crippen molar-refractivity contribution < 1.29 is 0 Å². The predicted molar refractivity (Wildman–Crippen MR) is 51.2 cm³/mol. The molecule has 0 aliphatic carbocycles. The first kappa shape index (κ1) is 7.86. The van der Waals surface area contributed by atoms with Gasteiger partial charge in [-0.1, -0.05) is 24.8 Å². The molecule has 0 N–H and O–H groups in total. The summed E-state index contributed by atoms with van der Waals surface area (Å²) in [4.78, 5) is 3.81. The van der Waals surface area contributed by atoms with E-state index < -0.39 is 0 Å². The fraction of sp³-hybridized carbons (Fsp3) is 0. The maximum absolute atomic E-state index is 4.46. The second kappa shape index (κ2) is 3.81. The minimum Gasteiger partial charge on any atom is -0.195 e. The van der Waals surface area contributed by atoms with Crippen LogP contribution in [0.2, 0.25) is 0 Å². The van der Waals surface area contributed by atoms with Gasteiger partial charge in [0.15, 0.2) is 0 Å². The predicted octanol–water partition coefficient (Wildman–Crippen LogP) is 3.06. The molecule has 0 radical (unpaired) electrons. The van der Waals surface area contributed by atoms with Gasteiger partial charge in [-0.2, -0.15) is 4.99 Å². The minimum atomic E-state index is 0.825. The van der Waals surface area contributed by atoms with E-state index in [1.165, 1.54) is 0 Å². The molecule has 54 valence electrons. The van der Waals surface area contributed by atoms with Crippen molar-refractivity contribution in [3.05, 3.63) is 36.4 Å². The van der Waals surface area contributed by atoms with Gasteiger partial charge >= 0.3 is 0 Å². The monoisotopic (exact) mass is 161 g/mol. The standard InChI is InChI=1S/C9H7NS/c1-2-8-3-5-9(6-4-8)10-7-11/h2-6H,1H2. The Morgan fingerprint density at radius 3 is 2.45 bits per heavy atom. The molecule has 0 aromatic heterocycles. The molecule has 0 saturated carbocycles. The average Bonchev–Trinajstić information content (AvgIpc) is 2.07. The van der Waals surface area contributed by atoms with E-state index in [0.717, 1.165) is 11.3 Å². The number of nitrogens with zero attached hydrogens (tertiary/aromatic N) is 1. The third-order valence-corrected chi connectivity index (χ3v) is 1.39. The van der Waals surface area contributed by atoms with Crippen LogP contribution in [0.15, 0.2) is 35.8 Å². The Kier molecular flexibility index (Phi) is 2.73. The molecule has 0 aliphatic heterocycles. The summed E-state index contributed by atoms with van der Waals surface area (Å²) in [5, 5.41) is 2.30. The molecule has 1 rings (SSSR count). The van der Waals surface area contributed by atoms with Crippen LogP contribution in [0.4, 0.5) is 5.69 Å². The zero-order valence-corrected chi connectivity index (χ0v) is 6.77. The van der Waals surface area contributed by atoms with Gasteiger partial charge in [-0.3, -0.25) is 0 Å². The zero-order valence-electron chi connectivity index (χ0n) is 5.95. The Bertz CT molecular complexity index is 294. The molecule has 1 aromatic carbocycles. The molecule has 0 atom stereocenters. The quantitative estimate of drug-likeness (QED) is 0.479. The number of aliphatic imine (C=N–C) groups is 1. The molecule has 2 heteroatoms. The van der Waals surface area contributed by atoms with Gasteiger partial charge in [0, 0.05) is 0 Å². The lowest BCUT2D eigenvalue weighted by Crippen LogP contribution is -1.67. The first-order valence-electron chi connectivity index (χ1n) is 3.17. The van der Waals surface area contributed by atoms with Crippen LogP contribution < -0.4 is 0 Å². The molecule has 0 heterocycles. The Morgan fingerprint density at radius 2 is 2.00 bits per heavy atom. The van der Waals surface area contributed by atoms with Crippen LogP contribution in [-0.2, 0) is 0 Å². The first-order chi connectivity index (χ1) is 5.36. The first-order valence-corrected chi connectivity index (χ1v) is 3.58. The van der Waals surface area contributed by atoms with Gasteiger partial charge in [0.1, 0.15) is 0 Å². The Hall–Kier alpha value is -1.24. The van der Waals surface area contributed by atoms with Crippen molar-refractivity contribution in [2.45, 2.75) is 0 Å². The van der Waals surface area contributed by atoms with Crippen LogP contribution in [0, 0.1) is 0 Å². The topological polar surface area (TPSA) is 12.4 Å². The van der Waals surface area contributed by atoms with Crippen LogP contribution in [0.5, 0.6) is 0 Å². The van der Waals surface area contributed by atoms with E-state index >= 15 is 0 Å². The lowest BCUT2D eigenvalue weighted by molar-refractivity contribution is 1.54. The van der Waals surface area contributed by atoms with Crippen molar-refractivity contribution in [3.63, 3.8) is 0 Å². The van der Waals surface area contributed by atoms with Crippen LogP contribution in [-0.4, -0.2) is 5.16 Å². The van der Waals surface area contributed by atoms with E-state index in [9.17, 15) is 0 Å². The molecule has 1 aromatic rings. The Balaban J connectivity index is 2.99. The van der Waals surface area contributed by atoms with Crippen LogP contribution in [0.1, 0.15) is 5.56 Å². The second-order valence-corrected chi connectivity index (χ2v) is 2.18. The number of isothiocyanates is 1. The summed E-state index contributed by atoms with van der Waals surface area (Å²) in [6.07, 6.45) is 1.78. The third-order valence-electron chi connectivity index (χ3n) is 1.30. The summed E-state index contributed by atoms with van der Waals surface area (Å²) in [6, 6.07) is 7.60. The highest BCUT2D eigenvalue weighted by Gasteiger charge is 1.86. The highest BCUT2D eigenvalue weighted by Crippen LogP contribution is 2.12. The van der Waals surface area contributed by atoms with Gasteiger partial charge in [0.2, 0.25) is 0 Å². The highest BCUT2D eigenvalue weighted by atomic mass is 32.1. The van der Waals surface area contributed by atoms with Gasteiger partial charge in [-0.15, -0.1) is 0 Å². The molecule has 0 aliphatic rings. The molecule has 0 spiro atoms. The summed E-state index contributed by atoms with van der Waals surface area (Å²) in [7, 11) is 0. The van der Waals surface area contributed by atoms with E-state index in [0.29, 0.717) is 0 Å². The molecular weight excluding hydrogens is 154 g/mol. The lowest BCUT2D eigenvalue weighted by atomic mass is 10.2. The molecule has 0 fully saturated rings. The normalized spacial score (nSPS) is 8.36. The van der Waals surface area contributed by atoms with Gasteiger partial charge in [0.25, 0.3) is 0 Å². The molecular formula is C9H7NS. The van der Waals surface area contributed by atoms with Crippen molar-refractivity contribution in [2.24, 2.45) is 4.99 Å². The van der Waals surface area contributed by atoms with E-state index in [1.807, 2.05) is 24.3 Å². The summed E-state index contributed by atoms with van der Waals surface area (Å²) in [5.74, 6) is 0. The average molecular weight is 161 g/mol. The van der Waals surface area contributed by atoms with Crippen molar-refractivity contribution in [1.82, 2.24) is 0 Å². The number of thiocarbonyl (C=S) groups is 1. The largest absolute Gasteiger partial charge is 0.195 e. The number of hydrogen-bond donors (Lipinski definition) is 0. The summed E-state index contributed by atoms with van der Waals surface area (Å²) >= 11 is 4.46. The molecule has 0 amide bonds. The molecule has 0 bridgehead atoms. The van der Waals surface area contributed by atoms with Gasteiger partial charge < -0.3 is 0 Å². The van der Waals surface area contributed by atoms with Gasteiger partial charge in [-0.05, 0) is 29.9 Å². The van der Waals surface area contributed by atoms with E-state index in [4.69, 9.17) is 0 Å². The van der Waals surface area contributed by atoms with Crippen molar-refractivity contribution in [3.8, 4) is 0 Å². The van der Waals surface area contributed by atoms with E-state index in [1.54, 1.807) is 6.08 Å². The summed E-state index contributed by atoms with van der Waals surface area (Å²) in [5.41, 5.74) is 1.90. The zero-order chi connectivity index (χ0) is 8.10. The van der Waals surface area contributed by atoms with Gasteiger partial charge in [-0.25, -0.2) is 0 Å². The van der Waals surface area contributed by atoms with E-state index in [-0.39, 0.29) is 0 Å². The maximum Gasteiger partial charge on any atom is 0.0739 e. The summed E-state index contributed by atoms with van der Waals surface area (Å²) in [6.45, 7) is 3.64. The third kappa shape index (κ3) is 2.11. The number of benzene rings is 1. The Labute approximate surface area is 71.1 Å². The van der Waals surface area contributed by atoms with Crippen LogP contribution in [0.3, 0.4) is 0 Å².